The molecule has 1 aliphatic heterocycles. The average molecular weight is 212 g/mol. The van der Waals surface area contributed by atoms with Gasteiger partial charge in [0.2, 0.25) is 0 Å². The lowest BCUT2D eigenvalue weighted by molar-refractivity contribution is -0.0196. The van der Waals surface area contributed by atoms with Gasteiger partial charge in [-0.25, -0.2) is 0 Å². The third-order valence-electron chi connectivity index (χ3n) is 3.81. The molecule has 0 bridgehead atoms. The van der Waals surface area contributed by atoms with Crippen molar-refractivity contribution in [2.45, 2.75) is 38.3 Å². The number of morpholine rings is 1. The van der Waals surface area contributed by atoms with Crippen molar-refractivity contribution in [2.75, 3.05) is 33.3 Å². The van der Waals surface area contributed by atoms with E-state index in [0.717, 1.165) is 38.2 Å². The second-order valence-corrected chi connectivity index (χ2v) is 5.18. The molecule has 0 aromatic carbocycles. The van der Waals surface area contributed by atoms with Crippen LogP contribution in [0.1, 0.15) is 26.2 Å². The summed E-state index contributed by atoms with van der Waals surface area (Å²) in [7, 11) is 2.17. The summed E-state index contributed by atoms with van der Waals surface area (Å²) in [5.74, 6) is 0.853. The number of nitrogens with zero attached hydrogens (tertiary/aromatic N) is 1. The third-order valence-corrected chi connectivity index (χ3v) is 3.81. The Kier molecular flexibility index (Phi) is 4.00. The normalized spacial score (nSPS) is 38.4. The minimum atomic E-state index is 0.400. The minimum absolute atomic E-state index is 0.400. The van der Waals surface area contributed by atoms with Gasteiger partial charge >= 0.3 is 0 Å². The number of rotatable bonds is 3. The first kappa shape index (κ1) is 11.4. The highest BCUT2D eigenvalue weighted by molar-refractivity contribution is 4.82. The van der Waals surface area contributed by atoms with Gasteiger partial charge in [0, 0.05) is 25.7 Å². The van der Waals surface area contributed by atoms with Crippen LogP contribution in [0.2, 0.25) is 0 Å². The summed E-state index contributed by atoms with van der Waals surface area (Å²) in [6.45, 7) is 6.44. The van der Waals surface area contributed by atoms with E-state index >= 15 is 0 Å². The van der Waals surface area contributed by atoms with E-state index in [9.17, 15) is 0 Å². The number of ether oxygens (including phenoxy) is 1. The standard InChI is InChI=1S/C12H24N2O/c1-10-4-3-5-12(10)13-8-11-9-14(2)6-7-15-11/h10-13H,3-9H2,1-2H3/t10-,11+,12-/m1/s1. The first-order valence-corrected chi connectivity index (χ1v) is 6.29. The summed E-state index contributed by atoms with van der Waals surface area (Å²) >= 11 is 0. The van der Waals surface area contributed by atoms with Crippen molar-refractivity contribution in [3.05, 3.63) is 0 Å². The first-order chi connectivity index (χ1) is 7.25. The van der Waals surface area contributed by atoms with E-state index in [1.165, 1.54) is 19.3 Å². The molecule has 0 amide bonds. The largest absolute Gasteiger partial charge is 0.374 e. The molecule has 0 aromatic heterocycles. The van der Waals surface area contributed by atoms with Gasteiger partial charge in [-0.05, 0) is 25.8 Å². The zero-order chi connectivity index (χ0) is 10.7. The van der Waals surface area contributed by atoms with Crippen LogP contribution in [0.5, 0.6) is 0 Å². The Morgan fingerprint density at radius 2 is 2.27 bits per heavy atom. The number of hydrogen-bond donors (Lipinski definition) is 1. The fourth-order valence-electron chi connectivity index (χ4n) is 2.72. The molecule has 0 spiro atoms. The summed E-state index contributed by atoms with van der Waals surface area (Å²) < 4.78 is 5.74. The minimum Gasteiger partial charge on any atom is -0.374 e. The van der Waals surface area contributed by atoms with E-state index in [4.69, 9.17) is 4.74 Å². The quantitative estimate of drug-likeness (QED) is 0.758. The fourth-order valence-corrected chi connectivity index (χ4v) is 2.72. The predicted octanol–water partition coefficient (Wildman–Crippen LogP) is 1.10. The van der Waals surface area contributed by atoms with Crippen molar-refractivity contribution in [1.29, 1.82) is 0 Å². The van der Waals surface area contributed by atoms with Gasteiger partial charge in [-0.15, -0.1) is 0 Å². The molecule has 3 nitrogen and oxygen atoms in total. The topological polar surface area (TPSA) is 24.5 Å². The molecular weight excluding hydrogens is 188 g/mol. The second kappa shape index (κ2) is 5.28. The molecule has 1 N–H and O–H groups in total. The number of likely N-dealkylation sites (N-methyl/N-ethyl adjacent to an activating group) is 1. The van der Waals surface area contributed by atoms with Gasteiger partial charge in [0.05, 0.1) is 12.7 Å². The molecule has 0 aromatic rings. The Labute approximate surface area is 93.2 Å². The fraction of sp³-hybridized carbons (Fsp3) is 1.00. The highest BCUT2D eigenvalue weighted by atomic mass is 16.5. The maximum absolute atomic E-state index is 5.74. The maximum atomic E-state index is 5.74. The molecule has 88 valence electrons. The van der Waals surface area contributed by atoms with Crippen LogP contribution < -0.4 is 5.32 Å². The monoisotopic (exact) mass is 212 g/mol. The summed E-state index contributed by atoms with van der Waals surface area (Å²) in [6, 6.07) is 0.737. The van der Waals surface area contributed by atoms with Crippen molar-refractivity contribution in [3.63, 3.8) is 0 Å². The molecule has 3 atom stereocenters. The molecular formula is C12H24N2O. The lowest BCUT2D eigenvalue weighted by Crippen LogP contribution is -2.47. The maximum Gasteiger partial charge on any atom is 0.0826 e. The smallest absolute Gasteiger partial charge is 0.0826 e. The van der Waals surface area contributed by atoms with Crippen LogP contribution in [0, 0.1) is 5.92 Å². The van der Waals surface area contributed by atoms with E-state index in [-0.39, 0.29) is 0 Å². The van der Waals surface area contributed by atoms with Crippen LogP contribution in [0.25, 0.3) is 0 Å². The Hall–Kier alpha value is -0.120. The van der Waals surface area contributed by atoms with Crippen molar-refractivity contribution < 1.29 is 4.74 Å². The molecule has 2 fully saturated rings. The van der Waals surface area contributed by atoms with Gasteiger partial charge in [-0.1, -0.05) is 13.3 Å². The molecule has 0 unspecified atom stereocenters. The van der Waals surface area contributed by atoms with Gasteiger partial charge in [0.1, 0.15) is 0 Å². The zero-order valence-electron chi connectivity index (χ0n) is 10.0. The molecule has 0 radical (unpaired) electrons. The van der Waals surface area contributed by atoms with Crippen molar-refractivity contribution in [2.24, 2.45) is 5.92 Å². The third kappa shape index (κ3) is 3.16. The van der Waals surface area contributed by atoms with Gasteiger partial charge < -0.3 is 15.0 Å². The lowest BCUT2D eigenvalue weighted by atomic mass is 10.1. The Bertz CT molecular complexity index is 198. The summed E-state index contributed by atoms with van der Waals surface area (Å²) in [4.78, 5) is 2.36. The van der Waals surface area contributed by atoms with Crippen molar-refractivity contribution in [3.8, 4) is 0 Å². The van der Waals surface area contributed by atoms with Crippen LogP contribution in [-0.2, 0) is 4.74 Å². The van der Waals surface area contributed by atoms with E-state index in [2.05, 4.69) is 24.2 Å². The van der Waals surface area contributed by atoms with Crippen molar-refractivity contribution in [1.82, 2.24) is 10.2 Å². The average Bonchev–Trinajstić information content (AvgIpc) is 2.61. The Balaban J connectivity index is 1.68. The Morgan fingerprint density at radius 1 is 1.40 bits per heavy atom. The molecule has 1 heterocycles. The molecule has 2 aliphatic rings. The van der Waals surface area contributed by atoms with Gasteiger partial charge in [0.25, 0.3) is 0 Å². The first-order valence-electron chi connectivity index (χ1n) is 6.29. The van der Waals surface area contributed by atoms with E-state index < -0.39 is 0 Å². The van der Waals surface area contributed by atoms with Gasteiger partial charge in [0.15, 0.2) is 0 Å². The van der Waals surface area contributed by atoms with Crippen LogP contribution in [0.15, 0.2) is 0 Å². The summed E-state index contributed by atoms with van der Waals surface area (Å²) in [5.41, 5.74) is 0. The lowest BCUT2D eigenvalue weighted by Gasteiger charge is -2.31. The van der Waals surface area contributed by atoms with E-state index in [1.807, 2.05) is 0 Å². The SMILES string of the molecule is C[C@@H]1CCC[C@H]1NC[C@H]1CN(C)CCO1. The molecule has 1 aliphatic carbocycles. The molecule has 1 saturated heterocycles. The highest BCUT2D eigenvalue weighted by Gasteiger charge is 2.24. The van der Waals surface area contributed by atoms with Gasteiger partial charge in [-0.3, -0.25) is 0 Å². The van der Waals surface area contributed by atoms with E-state index in [0.29, 0.717) is 6.10 Å². The van der Waals surface area contributed by atoms with Crippen LogP contribution in [0.4, 0.5) is 0 Å². The second-order valence-electron chi connectivity index (χ2n) is 5.18. The van der Waals surface area contributed by atoms with Crippen molar-refractivity contribution >= 4 is 0 Å². The summed E-state index contributed by atoms with van der Waals surface area (Å²) in [5, 5.41) is 3.67. The molecule has 15 heavy (non-hydrogen) atoms. The van der Waals surface area contributed by atoms with Gasteiger partial charge in [-0.2, -0.15) is 0 Å². The summed E-state index contributed by atoms with van der Waals surface area (Å²) in [6.07, 6.45) is 4.54. The number of hydrogen-bond acceptors (Lipinski definition) is 3. The molecule has 1 saturated carbocycles. The van der Waals surface area contributed by atoms with Crippen LogP contribution in [0.3, 0.4) is 0 Å². The molecule has 2 rings (SSSR count). The number of nitrogens with one attached hydrogen (secondary N) is 1. The van der Waals surface area contributed by atoms with Crippen LogP contribution in [-0.4, -0.2) is 50.3 Å². The Morgan fingerprint density at radius 3 is 2.93 bits per heavy atom. The predicted molar refractivity (Wildman–Crippen MR) is 62.0 cm³/mol. The van der Waals surface area contributed by atoms with E-state index in [1.54, 1.807) is 0 Å². The zero-order valence-corrected chi connectivity index (χ0v) is 10.0. The van der Waals surface area contributed by atoms with Crippen LogP contribution >= 0.6 is 0 Å². The molecule has 3 heteroatoms. The highest BCUT2D eigenvalue weighted by Crippen LogP contribution is 2.24.